The quantitative estimate of drug-likeness (QED) is 0.441. The van der Waals surface area contributed by atoms with Crippen LogP contribution in [0.1, 0.15) is 13.3 Å². The van der Waals surface area contributed by atoms with Gasteiger partial charge in [-0.1, -0.05) is 41.1 Å². The minimum atomic E-state index is -0.362. The first-order valence-electron chi connectivity index (χ1n) is 6.52. The molecule has 0 N–H and O–H groups in total. The third-order valence-electron chi connectivity index (χ3n) is 3.33. The average Bonchev–Trinajstić information content (AvgIpc) is 2.47. The van der Waals surface area contributed by atoms with Crippen LogP contribution in [0.15, 0.2) is 36.4 Å². The highest BCUT2D eigenvalue weighted by Gasteiger charge is 2.15. The van der Waals surface area contributed by atoms with Crippen LogP contribution in [0.5, 0.6) is 5.75 Å². The topological polar surface area (TPSA) is 52.4 Å². The van der Waals surface area contributed by atoms with E-state index in [0.29, 0.717) is 23.7 Å². The second-order valence-corrected chi connectivity index (χ2v) is 5.27. The molecule has 0 amide bonds. The van der Waals surface area contributed by atoms with Crippen LogP contribution in [0.2, 0.25) is 0 Å². The molecule has 0 aliphatic heterocycles. The van der Waals surface area contributed by atoms with Crippen molar-refractivity contribution in [3.8, 4) is 5.75 Å². The van der Waals surface area contributed by atoms with Crippen LogP contribution in [0.25, 0.3) is 10.8 Å². The summed E-state index contributed by atoms with van der Waals surface area (Å²) in [5, 5.41) is 13.3. The molecule has 2 rings (SSSR count). The second kappa shape index (κ2) is 6.70. The fourth-order valence-electron chi connectivity index (χ4n) is 2.02. The fourth-order valence-corrected chi connectivity index (χ4v) is 2.66. The lowest BCUT2D eigenvalue weighted by molar-refractivity contribution is -0.383. The van der Waals surface area contributed by atoms with Crippen molar-refractivity contribution >= 4 is 32.4 Å². The lowest BCUT2D eigenvalue weighted by Gasteiger charge is -2.14. The van der Waals surface area contributed by atoms with E-state index in [1.165, 1.54) is 6.07 Å². The van der Waals surface area contributed by atoms with E-state index < -0.39 is 0 Å². The molecule has 20 heavy (non-hydrogen) atoms. The lowest BCUT2D eigenvalue weighted by atomic mass is 10.1. The normalized spacial score (nSPS) is 12.3. The lowest BCUT2D eigenvalue weighted by Crippen LogP contribution is -2.12. The highest BCUT2D eigenvalue weighted by molar-refractivity contribution is 9.09. The Morgan fingerprint density at radius 2 is 1.95 bits per heavy atom. The van der Waals surface area contributed by atoms with Gasteiger partial charge in [-0.2, -0.15) is 0 Å². The number of ether oxygens (including phenoxy) is 1. The summed E-state index contributed by atoms with van der Waals surface area (Å²) in [5.41, 5.74) is 0.112. The zero-order chi connectivity index (χ0) is 14.5. The van der Waals surface area contributed by atoms with Crippen molar-refractivity contribution in [2.45, 2.75) is 13.3 Å². The molecule has 5 heteroatoms. The largest absolute Gasteiger partial charge is 0.493 e. The summed E-state index contributed by atoms with van der Waals surface area (Å²) in [6.45, 7) is 2.72. The molecule has 1 atom stereocenters. The number of hydrogen-bond donors (Lipinski definition) is 0. The maximum Gasteiger partial charge on any atom is 0.277 e. The first-order valence-corrected chi connectivity index (χ1v) is 7.64. The fraction of sp³-hybridized carbons (Fsp3) is 0.333. The number of rotatable bonds is 6. The first-order chi connectivity index (χ1) is 9.67. The summed E-state index contributed by atoms with van der Waals surface area (Å²) in [6.07, 6.45) is 1.02. The van der Waals surface area contributed by atoms with Crippen LogP contribution in [0, 0.1) is 16.0 Å². The Morgan fingerprint density at radius 3 is 2.55 bits per heavy atom. The Balaban J connectivity index is 2.36. The molecule has 0 aliphatic rings. The van der Waals surface area contributed by atoms with Crippen molar-refractivity contribution < 1.29 is 9.66 Å². The average molecular weight is 338 g/mol. The number of nitro groups is 1. The summed E-state index contributed by atoms with van der Waals surface area (Å²) < 4.78 is 5.85. The molecule has 0 spiro atoms. The van der Waals surface area contributed by atoms with Gasteiger partial charge in [0.1, 0.15) is 5.75 Å². The molecule has 0 fully saturated rings. The van der Waals surface area contributed by atoms with E-state index in [-0.39, 0.29) is 10.6 Å². The smallest absolute Gasteiger partial charge is 0.277 e. The molecule has 0 aromatic heterocycles. The minimum absolute atomic E-state index is 0.112. The van der Waals surface area contributed by atoms with Crippen LogP contribution >= 0.6 is 15.9 Å². The van der Waals surface area contributed by atoms with E-state index in [1.54, 1.807) is 18.2 Å². The van der Waals surface area contributed by atoms with Gasteiger partial charge in [0.15, 0.2) is 0 Å². The van der Waals surface area contributed by atoms with E-state index >= 15 is 0 Å². The summed E-state index contributed by atoms with van der Waals surface area (Å²) in [7, 11) is 0. The molecule has 4 nitrogen and oxygen atoms in total. The van der Waals surface area contributed by atoms with Crippen molar-refractivity contribution in [3.63, 3.8) is 0 Å². The molecular formula is C15H16BrNO3. The molecule has 2 aromatic carbocycles. The van der Waals surface area contributed by atoms with Crippen LogP contribution in [-0.4, -0.2) is 16.9 Å². The molecule has 0 saturated heterocycles. The van der Waals surface area contributed by atoms with E-state index in [9.17, 15) is 10.1 Å². The second-order valence-electron chi connectivity index (χ2n) is 4.63. The van der Waals surface area contributed by atoms with E-state index in [2.05, 4.69) is 22.9 Å². The number of hydrogen-bond acceptors (Lipinski definition) is 3. The molecule has 0 saturated carbocycles. The molecule has 0 heterocycles. The monoisotopic (exact) mass is 337 g/mol. The molecule has 2 aromatic rings. The van der Waals surface area contributed by atoms with Crippen LogP contribution in [0.3, 0.4) is 0 Å². The molecule has 106 valence electrons. The maximum absolute atomic E-state index is 11.0. The zero-order valence-corrected chi connectivity index (χ0v) is 12.8. The molecular weight excluding hydrogens is 322 g/mol. The summed E-state index contributed by atoms with van der Waals surface area (Å²) in [6, 6.07) is 10.5. The van der Waals surface area contributed by atoms with E-state index in [0.717, 1.165) is 17.1 Å². The Labute approximate surface area is 126 Å². The van der Waals surface area contributed by atoms with Crippen molar-refractivity contribution in [2.24, 2.45) is 5.92 Å². The third kappa shape index (κ3) is 3.10. The Bertz CT molecular complexity index is 611. The molecule has 0 aliphatic carbocycles. The number of nitrogens with zero attached hydrogens (tertiary/aromatic N) is 1. The van der Waals surface area contributed by atoms with Gasteiger partial charge in [-0.15, -0.1) is 0 Å². The predicted octanol–water partition coefficient (Wildman–Crippen LogP) is 4.55. The summed E-state index contributed by atoms with van der Waals surface area (Å²) in [5.74, 6) is 1.13. The number of non-ortho nitro benzene ring substituents is 1. The molecule has 0 bridgehead atoms. The van der Waals surface area contributed by atoms with Gasteiger partial charge in [-0.25, -0.2) is 0 Å². The van der Waals surface area contributed by atoms with Gasteiger partial charge in [-0.05, 0) is 18.6 Å². The van der Waals surface area contributed by atoms with Crippen molar-refractivity contribution in [3.05, 3.63) is 46.5 Å². The highest BCUT2D eigenvalue weighted by Crippen LogP contribution is 2.33. The highest BCUT2D eigenvalue weighted by atomic mass is 79.9. The minimum Gasteiger partial charge on any atom is -0.493 e. The molecule has 0 radical (unpaired) electrons. The third-order valence-corrected chi connectivity index (χ3v) is 4.24. The van der Waals surface area contributed by atoms with Gasteiger partial charge in [0.25, 0.3) is 5.69 Å². The Kier molecular flexibility index (Phi) is 4.95. The zero-order valence-electron chi connectivity index (χ0n) is 11.2. The molecule has 1 unspecified atom stereocenters. The van der Waals surface area contributed by atoms with Crippen molar-refractivity contribution in [2.75, 3.05) is 11.9 Å². The number of fused-ring (bicyclic) bond motifs is 1. The van der Waals surface area contributed by atoms with Gasteiger partial charge in [0, 0.05) is 22.7 Å². The van der Waals surface area contributed by atoms with Gasteiger partial charge in [0.2, 0.25) is 0 Å². The number of nitro benzene ring substituents is 1. The number of halogens is 1. The van der Waals surface area contributed by atoms with E-state index in [4.69, 9.17) is 4.74 Å². The maximum atomic E-state index is 11.0. The summed E-state index contributed by atoms with van der Waals surface area (Å²) in [4.78, 5) is 10.7. The number of benzene rings is 2. The van der Waals surface area contributed by atoms with E-state index in [1.807, 2.05) is 12.1 Å². The standard InChI is InChI=1S/C15H16BrNO3/c1-2-11(9-16)10-20-15-8-7-14(17(18)19)12-5-3-4-6-13(12)15/h3-8,11H,2,9-10H2,1H3. The number of alkyl halides is 1. The van der Waals surface area contributed by atoms with Gasteiger partial charge in [-0.3, -0.25) is 10.1 Å². The van der Waals surface area contributed by atoms with Crippen LogP contribution in [-0.2, 0) is 0 Å². The first kappa shape index (κ1) is 14.8. The van der Waals surface area contributed by atoms with Crippen LogP contribution < -0.4 is 4.74 Å². The van der Waals surface area contributed by atoms with Crippen LogP contribution in [0.4, 0.5) is 5.69 Å². The van der Waals surface area contributed by atoms with Crippen molar-refractivity contribution in [1.29, 1.82) is 0 Å². The van der Waals surface area contributed by atoms with Gasteiger partial charge >= 0.3 is 0 Å². The Hall–Kier alpha value is -1.62. The van der Waals surface area contributed by atoms with Gasteiger partial charge in [0.05, 0.1) is 16.9 Å². The van der Waals surface area contributed by atoms with Crippen molar-refractivity contribution in [1.82, 2.24) is 0 Å². The van der Waals surface area contributed by atoms with Gasteiger partial charge < -0.3 is 4.74 Å². The SMILES string of the molecule is CCC(CBr)COc1ccc([N+](=O)[O-])c2ccccc12. The summed E-state index contributed by atoms with van der Waals surface area (Å²) >= 11 is 3.46. The predicted molar refractivity (Wildman–Crippen MR) is 83.7 cm³/mol. The Morgan fingerprint density at radius 1 is 1.25 bits per heavy atom.